The van der Waals surface area contributed by atoms with Gasteiger partial charge in [-0.3, -0.25) is 19.5 Å². The zero-order chi connectivity index (χ0) is 21.1. The number of carbonyl (C=O) groups excluding carboxylic acids is 3. The number of amides is 4. The fourth-order valence-corrected chi connectivity index (χ4v) is 3.72. The predicted octanol–water partition coefficient (Wildman–Crippen LogP) is 2.79. The van der Waals surface area contributed by atoms with E-state index in [1.807, 2.05) is 6.07 Å². The molecule has 0 bridgehead atoms. The number of rotatable bonds is 6. The number of nitrogens with one attached hydrogen (secondary N) is 2. The molecule has 1 atom stereocenters. The second kappa shape index (κ2) is 8.37. The van der Waals surface area contributed by atoms with Crippen LogP contribution in [0.15, 0.2) is 54.0 Å². The minimum atomic E-state index is -0.985. The van der Waals surface area contributed by atoms with Gasteiger partial charge in [-0.1, -0.05) is 18.2 Å². The molecule has 3 aromatic rings. The summed E-state index contributed by atoms with van der Waals surface area (Å²) in [4.78, 5) is 46.5. The van der Waals surface area contributed by atoms with E-state index in [1.54, 1.807) is 29.8 Å². The molecular formula is C20H16FN5O3S. The Balaban J connectivity index is 1.36. The number of benzene rings is 1. The van der Waals surface area contributed by atoms with Gasteiger partial charge >= 0.3 is 6.03 Å². The van der Waals surface area contributed by atoms with Crippen LogP contribution in [0.4, 0.5) is 14.3 Å². The van der Waals surface area contributed by atoms with Crippen LogP contribution in [0.3, 0.4) is 0 Å². The molecule has 1 aliphatic rings. The number of nitrogens with zero attached hydrogens (tertiary/aromatic N) is 3. The summed E-state index contributed by atoms with van der Waals surface area (Å²) in [5.41, 5.74) is 1.79. The van der Waals surface area contributed by atoms with Crippen LogP contribution >= 0.6 is 11.3 Å². The SMILES string of the molecule is O=C(C[C@H]1NC(=O)N(Cc2cccc(F)c2)C1=O)Nc1nc(-c2ccccn2)cs1. The summed E-state index contributed by atoms with van der Waals surface area (Å²) >= 11 is 1.23. The first-order valence-electron chi connectivity index (χ1n) is 9.03. The van der Waals surface area contributed by atoms with E-state index in [0.29, 0.717) is 22.1 Å². The van der Waals surface area contributed by atoms with Crippen LogP contribution in [0, 0.1) is 5.82 Å². The van der Waals surface area contributed by atoms with Crippen LogP contribution < -0.4 is 10.6 Å². The quantitative estimate of drug-likeness (QED) is 0.591. The summed E-state index contributed by atoms with van der Waals surface area (Å²) < 4.78 is 13.3. The van der Waals surface area contributed by atoms with Crippen molar-refractivity contribution >= 4 is 34.3 Å². The standard InChI is InChI=1S/C20H16FN5O3S/c21-13-5-3-4-12(8-13)10-26-18(28)15(24-20(26)29)9-17(27)25-19-23-16(11-30-19)14-6-1-2-7-22-14/h1-8,11,15H,9-10H2,(H,24,29)(H,23,25,27)/t15-/m1/s1. The third-order valence-corrected chi connectivity index (χ3v) is 5.16. The second-order valence-electron chi connectivity index (χ2n) is 6.56. The minimum absolute atomic E-state index is 0.0690. The van der Waals surface area contributed by atoms with Gasteiger partial charge in [-0.05, 0) is 29.8 Å². The zero-order valence-electron chi connectivity index (χ0n) is 15.5. The van der Waals surface area contributed by atoms with Crippen LogP contribution in [0.1, 0.15) is 12.0 Å². The zero-order valence-corrected chi connectivity index (χ0v) is 16.4. The number of carbonyl (C=O) groups is 3. The minimum Gasteiger partial charge on any atom is -0.325 e. The highest BCUT2D eigenvalue weighted by atomic mass is 32.1. The number of pyridine rings is 1. The van der Waals surface area contributed by atoms with Gasteiger partial charge in [-0.2, -0.15) is 0 Å². The molecule has 1 fully saturated rings. The maximum absolute atomic E-state index is 13.3. The van der Waals surface area contributed by atoms with Crippen molar-refractivity contribution in [3.63, 3.8) is 0 Å². The lowest BCUT2D eigenvalue weighted by molar-refractivity contribution is -0.130. The van der Waals surface area contributed by atoms with Gasteiger partial charge in [0.2, 0.25) is 5.91 Å². The molecule has 10 heteroatoms. The van der Waals surface area contributed by atoms with E-state index < -0.39 is 29.7 Å². The first-order chi connectivity index (χ1) is 14.5. The van der Waals surface area contributed by atoms with Crippen molar-refractivity contribution in [3.05, 3.63) is 65.4 Å². The maximum Gasteiger partial charge on any atom is 0.325 e. The number of urea groups is 1. The van der Waals surface area contributed by atoms with Crippen molar-refractivity contribution in [2.24, 2.45) is 0 Å². The Bertz CT molecular complexity index is 1100. The lowest BCUT2D eigenvalue weighted by Gasteiger charge is -2.13. The monoisotopic (exact) mass is 425 g/mol. The van der Waals surface area contributed by atoms with Crippen molar-refractivity contribution in [1.82, 2.24) is 20.2 Å². The average Bonchev–Trinajstić information content (AvgIpc) is 3.29. The number of hydrogen-bond donors (Lipinski definition) is 2. The summed E-state index contributed by atoms with van der Waals surface area (Å²) in [7, 11) is 0. The third kappa shape index (κ3) is 4.33. The Hall–Kier alpha value is -3.66. The Kier molecular flexibility index (Phi) is 5.48. The fourth-order valence-electron chi connectivity index (χ4n) is 3.00. The highest BCUT2D eigenvalue weighted by Crippen LogP contribution is 2.23. The Morgan fingerprint density at radius 1 is 1.20 bits per heavy atom. The molecule has 1 aromatic carbocycles. The smallest absolute Gasteiger partial charge is 0.325 e. The molecule has 0 spiro atoms. The van der Waals surface area contributed by atoms with E-state index in [4.69, 9.17) is 0 Å². The molecule has 0 unspecified atom stereocenters. The van der Waals surface area contributed by atoms with Gasteiger partial charge in [0.05, 0.1) is 18.7 Å². The van der Waals surface area contributed by atoms with Crippen molar-refractivity contribution < 1.29 is 18.8 Å². The molecule has 4 amide bonds. The van der Waals surface area contributed by atoms with E-state index in [-0.39, 0.29) is 13.0 Å². The number of halogens is 1. The van der Waals surface area contributed by atoms with Crippen molar-refractivity contribution in [2.75, 3.05) is 5.32 Å². The van der Waals surface area contributed by atoms with E-state index in [1.165, 1.54) is 29.5 Å². The van der Waals surface area contributed by atoms with Crippen molar-refractivity contribution in [3.8, 4) is 11.4 Å². The summed E-state index contributed by atoms with van der Waals surface area (Å²) in [6, 6.07) is 9.48. The van der Waals surface area contributed by atoms with Gasteiger partial charge in [0.15, 0.2) is 5.13 Å². The number of imide groups is 1. The Morgan fingerprint density at radius 2 is 2.07 bits per heavy atom. The average molecular weight is 425 g/mol. The summed E-state index contributed by atoms with van der Waals surface area (Å²) in [6.07, 6.45) is 1.42. The summed E-state index contributed by atoms with van der Waals surface area (Å²) in [5, 5.41) is 7.26. The molecular weight excluding hydrogens is 409 g/mol. The molecule has 0 radical (unpaired) electrons. The normalized spacial score (nSPS) is 15.9. The highest BCUT2D eigenvalue weighted by Gasteiger charge is 2.39. The first kappa shape index (κ1) is 19.6. The number of hydrogen-bond acceptors (Lipinski definition) is 6. The molecule has 0 aliphatic carbocycles. The van der Waals surface area contributed by atoms with Gasteiger partial charge in [-0.15, -0.1) is 11.3 Å². The van der Waals surface area contributed by atoms with Crippen LogP contribution in [-0.4, -0.2) is 38.8 Å². The van der Waals surface area contributed by atoms with Crippen LogP contribution in [-0.2, 0) is 16.1 Å². The molecule has 8 nitrogen and oxygen atoms in total. The molecule has 3 heterocycles. The van der Waals surface area contributed by atoms with E-state index >= 15 is 0 Å². The Morgan fingerprint density at radius 3 is 2.83 bits per heavy atom. The van der Waals surface area contributed by atoms with E-state index in [2.05, 4.69) is 20.6 Å². The summed E-state index contributed by atoms with van der Waals surface area (Å²) in [5.74, 6) is -1.44. The molecule has 1 saturated heterocycles. The second-order valence-corrected chi connectivity index (χ2v) is 7.42. The first-order valence-corrected chi connectivity index (χ1v) is 9.90. The lowest BCUT2D eigenvalue weighted by atomic mass is 10.1. The molecule has 4 rings (SSSR count). The van der Waals surface area contributed by atoms with Crippen LogP contribution in [0.25, 0.3) is 11.4 Å². The third-order valence-electron chi connectivity index (χ3n) is 4.40. The number of aromatic nitrogens is 2. The molecule has 152 valence electrons. The highest BCUT2D eigenvalue weighted by molar-refractivity contribution is 7.14. The molecule has 30 heavy (non-hydrogen) atoms. The fraction of sp³-hybridized carbons (Fsp3) is 0.150. The Labute approximate surface area is 174 Å². The predicted molar refractivity (Wildman–Crippen MR) is 108 cm³/mol. The van der Waals surface area contributed by atoms with Gasteiger partial charge in [0, 0.05) is 11.6 Å². The lowest BCUT2D eigenvalue weighted by Crippen LogP contribution is -2.34. The maximum atomic E-state index is 13.3. The van der Waals surface area contributed by atoms with E-state index in [9.17, 15) is 18.8 Å². The van der Waals surface area contributed by atoms with Crippen LogP contribution in [0.5, 0.6) is 0 Å². The largest absolute Gasteiger partial charge is 0.325 e. The molecule has 2 aromatic heterocycles. The number of thiazole rings is 1. The topological polar surface area (TPSA) is 104 Å². The van der Waals surface area contributed by atoms with Gasteiger partial charge in [0.1, 0.15) is 17.6 Å². The van der Waals surface area contributed by atoms with Gasteiger partial charge < -0.3 is 10.6 Å². The van der Waals surface area contributed by atoms with Crippen molar-refractivity contribution in [1.29, 1.82) is 0 Å². The summed E-state index contributed by atoms with van der Waals surface area (Å²) in [6.45, 7) is -0.0690. The van der Waals surface area contributed by atoms with Gasteiger partial charge in [-0.25, -0.2) is 14.2 Å². The van der Waals surface area contributed by atoms with Crippen LogP contribution in [0.2, 0.25) is 0 Å². The van der Waals surface area contributed by atoms with Gasteiger partial charge in [0.25, 0.3) is 5.91 Å². The number of anilines is 1. The molecule has 2 N–H and O–H groups in total. The van der Waals surface area contributed by atoms with E-state index in [0.717, 1.165) is 4.90 Å². The molecule has 0 saturated carbocycles. The molecule has 1 aliphatic heterocycles. The van der Waals surface area contributed by atoms with Crippen molar-refractivity contribution in [2.45, 2.75) is 19.0 Å².